The standard InChI is InChI=1S/C23H22N2O4S2/c1-16-6-8-18(9-7-16)23-24-21(17(2)29-23)15-25(19-10-12-20(28-3)13-11-19)31(26,27)22-5-4-14-30-22/h4-14H,15H2,1-3H3. The molecule has 0 atom stereocenters. The van der Waals surface area contributed by atoms with Crippen molar-refractivity contribution in [2.24, 2.45) is 0 Å². The monoisotopic (exact) mass is 454 g/mol. The van der Waals surface area contributed by atoms with E-state index in [1.807, 2.05) is 31.2 Å². The number of methoxy groups -OCH3 is 1. The van der Waals surface area contributed by atoms with Crippen LogP contribution in [0.3, 0.4) is 0 Å². The number of rotatable bonds is 7. The number of nitrogens with zero attached hydrogens (tertiary/aromatic N) is 2. The van der Waals surface area contributed by atoms with Crippen LogP contribution in [0.1, 0.15) is 17.0 Å². The molecular weight excluding hydrogens is 432 g/mol. The highest BCUT2D eigenvalue weighted by atomic mass is 32.2. The van der Waals surface area contributed by atoms with Crippen LogP contribution in [0.4, 0.5) is 5.69 Å². The molecule has 0 radical (unpaired) electrons. The van der Waals surface area contributed by atoms with E-state index in [1.165, 1.54) is 15.6 Å². The summed E-state index contributed by atoms with van der Waals surface area (Å²) in [5, 5.41) is 1.75. The second kappa shape index (κ2) is 8.56. The molecule has 31 heavy (non-hydrogen) atoms. The van der Waals surface area contributed by atoms with Gasteiger partial charge in [0.15, 0.2) is 0 Å². The summed E-state index contributed by atoms with van der Waals surface area (Å²) in [6, 6.07) is 18.1. The normalized spacial score (nSPS) is 11.5. The number of aryl methyl sites for hydroxylation is 2. The first-order valence-corrected chi connectivity index (χ1v) is 11.9. The Bertz CT molecular complexity index is 1260. The van der Waals surface area contributed by atoms with Crippen LogP contribution in [-0.2, 0) is 16.6 Å². The maximum Gasteiger partial charge on any atom is 0.274 e. The minimum Gasteiger partial charge on any atom is -0.497 e. The number of benzene rings is 2. The molecule has 0 aliphatic rings. The number of aromatic nitrogens is 1. The van der Waals surface area contributed by atoms with Gasteiger partial charge in [0, 0.05) is 5.56 Å². The van der Waals surface area contributed by atoms with Gasteiger partial charge in [-0.25, -0.2) is 13.4 Å². The first kappa shape index (κ1) is 21.1. The molecule has 6 nitrogen and oxygen atoms in total. The third-order valence-corrected chi connectivity index (χ3v) is 8.03. The van der Waals surface area contributed by atoms with Crippen LogP contribution in [0.2, 0.25) is 0 Å². The van der Waals surface area contributed by atoms with E-state index in [4.69, 9.17) is 9.15 Å². The Labute approximate surface area is 185 Å². The number of sulfonamides is 1. The van der Waals surface area contributed by atoms with Crippen molar-refractivity contribution in [3.05, 3.63) is 83.1 Å². The number of thiophene rings is 1. The number of anilines is 1. The quantitative estimate of drug-likeness (QED) is 0.373. The van der Waals surface area contributed by atoms with Crippen LogP contribution in [0.15, 0.2) is 74.7 Å². The molecular formula is C23H22N2O4S2. The third kappa shape index (κ3) is 4.35. The van der Waals surface area contributed by atoms with Crippen molar-refractivity contribution in [3.8, 4) is 17.2 Å². The average molecular weight is 455 g/mol. The van der Waals surface area contributed by atoms with Gasteiger partial charge in [0.2, 0.25) is 5.89 Å². The van der Waals surface area contributed by atoms with Crippen molar-refractivity contribution in [2.45, 2.75) is 24.6 Å². The molecule has 8 heteroatoms. The van der Waals surface area contributed by atoms with Gasteiger partial charge in [0.25, 0.3) is 10.0 Å². The van der Waals surface area contributed by atoms with Gasteiger partial charge < -0.3 is 9.15 Å². The van der Waals surface area contributed by atoms with Crippen molar-refractivity contribution in [1.82, 2.24) is 4.98 Å². The maximum atomic E-state index is 13.4. The lowest BCUT2D eigenvalue weighted by Gasteiger charge is -2.23. The van der Waals surface area contributed by atoms with E-state index in [2.05, 4.69) is 4.98 Å². The molecule has 4 aromatic rings. The highest BCUT2D eigenvalue weighted by molar-refractivity contribution is 7.94. The first-order valence-electron chi connectivity index (χ1n) is 9.62. The van der Waals surface area contributed by atoms with Gasteiger partial charge >= 0.3 is 0 Å². The lowest BCUT2D eigenvalue weighted by atomic mass is 10.1. The van der Waals surface area contributed by atoms with E-state index in [-0.39, 0.29) is 10.8 Å². The minimum atomic E-state index is -3.78. The summed E-state index contributed by atoms with van der Waals surface area (Å²) in [6.45, 7) is 3.86. The lowest BCUT2D eigenvalue weighted by molar-refractivity contribution is 0.415. The fourth-order valence-corrected chi connectivity index (χ4v) is 5.64. The molecule has 0 aliphatic carbocycles. The van der Waals surface area contributed by atoms with Gasteiger partial charge in [-0.15, -0.1) is 11.3 Å². The summed E-state index contributed by atoms with van der Waals surface area (Å²) in [5.74, 6) is 1.70. The number of ether oxygens (including phenoxy) is 1. The van der Waals surface area contributed by atoms with Crippen LogP contribution in [0.5, 0.6) is 5.75 Å². The summed E-state index contributed by atoms with van der Waals surface area (Å²) >= 11 is 1.18. The Morgan fingerprint density at radius 1 is 1.03 bits per heavy atom. The number of hydrogen-bond donors (Lipinski definition) is 0. The molecule has 0 N–H and O–H groups in total. The van der Waals surface area contributed by atoms with Crippen molar-refractivity contribution < 1.29 is 17.6 Å². The second-order valence-electron chi connectivity index (χ2n) is 7.03. The Balaban J connectivity index is 1.73. The van der Waals surface area contributed by atoms with Crippen LogP contribution < -0.4 is 9.04 Å². The largest absolute Gasteiger partial charge is 0.497 e. The fraction of sp³-hybridized carbons (Fsp3) is 0.174. The third-order valence-electron chi connectivity index (χ3n) is 4.88. The van der Waals surface area contributed by atoms with E-state index in [0.29, 0.717) is 28.8 Å². The van der Waals surface area contributed by atoms with Gasteiger partial charge in [-0.1, -0.05) is 23.8 Å². The van der Waals surface area contributed by atoms with Gasteiger partial charge in [0.05, 0.1) is 19.3 Å². The number of hydrogen-bond acceptors (Lipinski definition) is 6. The molecule has 2 aromatic heterocycles. The second-order valence-corrected chi connectivity index (χ2v) is 10.1. The van der Waals surface area contributed by atoms with Gasteiger partial charge in [-0.3, -0.25) is 4.31 Å². The smallest absolute Gasteiger partial charge is 0.274 e. The van der Waals surface area contributed by atoms with E-state index in [0.717, 1.165) is 11.1 Å². The molecule has 4 rings (SSSR count). The van der Waals surface area contributed by atoms with E-state index >= 15 is 0 Å². The highest BCUT2D eigenvalue weighted by Crippen LogP contribution is 2.31. The molecule has 0 bridgehead atoms. The Morgan fingerprint density at radius 3 is 2.35 bits per heavy atom. The molecule has 0 spiro atoms. The van der Waals surface area contributed by atoms with Crippen LogP contribution >= 0.6 is 11.3 Å². The number of oxazole rings is 1. The molecule has 0 saturated carbocycles. The van der Waals surface area contributed by atoms with E-state index < -0.39 is 10.0 Å². The predicted molar refractivity (Wildman–Crippen MR) is 122 cm³/mol. The van der Waals surface area contributed by atoms with E-state index in [1.54, 1.807) is 55.8 Å². The molecule has 0 aliphatic heterocycles. The lowest BCUT2D eigenvalue weighted by Crippen LogP contribution is -2.30. The van der Waals surface area contributed by atoms with Crippen LogP contribution in [-0.4, -0.2) is 20.5 Å². The molecule has 2 aromatic carbocycles. The first-order chi connectivity index (χ1) is 14.9. The molecule has 2 heterocycles. The fourth-order valence-electron chi connectivity index (χ4n) is 3.11. The predicted octanol–water partition coefficient (Wildman–Crippen LogP) is 5.42. The maximum absolute atomic E-state index is 13.4. The van der Waals surface area contributed by atoms with Crippen molar-refractivity contribution in [1.29, 1.82) is 0 Å². The zero-order chi connectivity index (χ0) is 22.0. The SMILES string of the molecule is COc1ccc(N(Cc2nc(-c3ccc(C)cc3)oc2C)S(=O)(=O)c2cccs2)cc1. The van der Waals surface area contributed by atoms with Crippen molar-refractivity contribution in [3.63, 3.8) is 0 Å². The Hall–Kier alpha value is -3.10. The molecule has 0 unspecified atom stereocenters. The zero-order valence-electron chi connectivity index (χ0n) is 17.4. The van der Waals surface area contributed by atoms with Gasteiger partial charge in [0.1, 0.15) is 21.4 Å². The molecule has 0 saturated heterocycles. The summed E-state index contributed by atoms with van der Waals surface area (Å²) in [7, 11) is -2.21. The van der Waals surface area contributed by atoms with Gasteiger partial charge in [-0.05, 0) is 61.7 Å². The minimum absolute atomic E-state index is 0.0494. The molecule has 0 fully saturated rings. The van der Waals surface area contributed by atoms with E-state index in [9.17, 15) is 8.42 Å². The van der Waals surface area contributed by atoms with Gasteiger partial charge in [-0.2, -0.15) is 0 Å². The van der Waals surface area contributed by atoms with Crippen molar-refractivity contribution >= 4 is 27.0 Å². The van der Waals surface area contributed by atoms with Crippen LogP contribution in [0, 0.1) is 13.8 Å². The summed E-state index contributed by atoms with van der Waals surface area (Å²) < 4.78 is 39.5. The molecule has 0 amide bonds. The highest BCUT2D eigenvalue weighted by Gasteiger charge is 2.28. The summed E-state index contributed by atoms with van der Waals surface area (Å²) in [5.41, 5.74) is 3.07. The average Bonchev–Trinajstić information content (AvgIpc) is 3.43. The summed E-state index contributed by atoms with van der Waals surface area (Å²) in [4.78, 5) is 4.61. The Morgan fingerprint density at radius 2 is 1.74 bits per heavy atom. The zero-order valence-corrected chi connectivity index (χ0v) is 19.0. The summed E-state index contributed by atoms with van der Waals surface area (Å²) in [6.07, 6.45) is 0. The van der Waals surface area contributed by atoms with Crippen LogP contribution in [0.25, 0.3) is 11.5 Å². The van der Waals surface area contributed by atoms with Crippen molar-refractivity contribution in [2.75, 3.05) is 11.4 Å². The molecule has 160 valence electrons. The Kier molecular flexibility index (Phi) is 5.84. The topological polar surface area (TPSA) is 72.6 Å².